The van der Waals surface area contributed by atoms with Gasteiger partial charge in [-0.2, -0.15) is 15.4 Å². The number of hydrogen-bond acceptors (Lipinski definition) is 3. The fourth-order valence-corrected chi connectivity index (χ4v) is 1.50. The van der Waals surface area contributed by atoms with Crippen molar-refractivity contribution in [1.82, 2.24) is 15.4 Å². The molecule has 4 nitrogen and oxygen atoms in total. The molecule has 0 radical (unpaired) electrons. The average molecular weight is 242 g/mol. The Hall–Kier alpha value is -1.39. The zero-order valence-electron chi connectivity index (χ0n) is 7.37. The van der Waals surface area contributed by atoms with Gasteiger partial charge in [0.1, 0.15) is 0 Å². The second kappa shape index (κ2) is 4.00. The lowest BCUT2D eigenvalue weighted by atomic mass is 10.1. The number of ketones is 1. The highest BCUT2D eigenvalue weighted by Crippen LogP contribution is 2.22. The fraction of sp³-hybridized carbons (Fsp3) is 0. The van der Waals surface area contributed by atoms with Crippen LogP contribution in [0.3, 0.4) is 0 Å². The van der Waals surface area contributed by atoms with E-state index in [1.54, 1.807) is 12.1 Å². The molecule has 0 aliphatic rings. The molecule has 15 heavy (non-hydrogen) atoms. The maximum absolute atomic E-state index is 11.8. The maximum Gasteiger partial charge on any atom is 0.216 e. The van der Waals surface area contributed by atoms with Crippen LogP contribution in [0, 0.1) is 0 Å². The predicted molar refractivity (Wildman–Crippen MR) is 56.3 cm³/mol. The molecule has 0 saturated carbocycles. The SMILES string of the molecule is O=C(c1cn[nH]n1)c1cc(Cl)ccc1Cl. The van der Waals surface area contributed by atoms with E-state index < -0.39 is 0 Å². The highest BCUT2D eigenvalue weighted by Gasteiger charge is 2.15. The molecule has 0 saturated heterocycles. The number of hydrogen-bond donors (Lipinski definition) is 1. The summed E-state index contributed by atoms with van der Waals surface area (Å²) < 4.78 is 0. The van der Waals surface area contributed by atoms with Crippen LogP contribution in [-0.4, -0.2) is 21.2 Å². The molecule has 0 fully saturated rings. The Morgan fingerprint density at radius 2 is 2.13 bits per heavy atom. The summed E-state index contributed by atoms with van der Waals surface area (Å²) in [4.78, 5) is 11.8. The van der Waals surface area contributed by atoms with Crippen LogP contribution in [-0.2, 0) is 0 Å². The van der Waals surface area contributed by atoms with Crippen molar-refractivity contribution in [3.8, 4) is 0 Å². The highest BCUT2D eigenvalue weighted by molar-refractivity contribution is 6.36. The molecule has 1 aromatic heterocycles. The van der Waals surface area contributed by atoms with Crippen molar-refractivity contribution in [3.05, 3.63) is 45.7 Å². The van der Waals surface area contributed by atoms with E-state index in [-0.39, 0.29) is 11.5 Å². The molecule has 0 aliphatic heterocycles. The number of carbonyl (C=O) groups excluding carboxylic acids is 1. The minimum absolute atomic E-state index is 0.208. The molecule has 6 heteroatoms. The second-order valence-corrected chi connectivity index (χ2v) is 3.65. The Labute approximate surface area is 95.2 Å². The largest absolute Gasteiger partial charge is 0.287 e. The third-order valence-electron chi connectivity index (χ3n) is 1.82. The minimum atomic E-state index is -0.309. The summed E-state index contributed by atoms with van der Waals surface area (Å²) in [6.07, 6.45) is 1.33. The first kappa shape index (κ1) is 10.1. The van der Waals surface area contributed by atoms with Crippen molar-refractivity contribution >= 4 is 29.0 Å². The molecule has 0 unspecified atom stereocenters. The Balaban J connectivity index is 2.46. The Kier molecular flexibility index (Phi) is 2.70. The smallest absolute Gasteiger partial charge is 0.216 e. The molecule has 1 N–H and O–H groups in total. The highest BCUT2D eigenvalue weighted by atomic mass is 35.5. The zero-order chi connectivity index (χ0) is 10.8. The lowest BCUT2D eigenvalue weighted by molar-refractivity contribution is 0.103. The fourth-order valence-electron chi connectivity index (χ4n) is 1.12. The van der Waals surface area contributed by atoms with Crippen LogP contribution >= 0.6 is 23.2 Å². The van der Waals surface area contributed by atoms with E-state index in [0.717, 1.165) is 0 Å². The monoisotopic (exact) mass is 241 g/mol. The molecule has 1 aromatic carbocycles. The average Bonchev–Trinajstić information content (AvgIpc) is 2.74. The molecule has 1 heterocycles. The van der Waals surface area contributed by atoms with Gasteiger partial charge in [0.15, 0.2) is 5.69 Å². The van der Waals surface area contributed by atoms with Gasteiger partial charge in [0.25, 0.3) is 0 Å². The first-order valence-corrected chi connectivity index (χ1v) is 4.79. The first-order chi connectivity index (χ1) is 7.18. The van der Waals surface area contributed by atoms with Crippen LogP contribution in [0.2, 0.25) is 10.0 Å². The summed E-state index contributed by atoms with van der Waals surface area (Å²) in [6, 6.07) is 4.68. The molecule has 2 rings (SSSR count). The number of rotatable bonds is 2. The summed E-state index contributed by atoms with van der Waals surface area (Å²) in [6.45, 7) is 0. The van der Waals surface area contributed by atoms with Crippen molar-refractivity contribution in [2.75, 3.05) is 0 Å². The summed E-state index contributed by atoms with van der Waals surface area (Å²) in [5, 5.41) is 10.4. The van der Waals surface area contributed by atoms with E-state index in [9.17, 15) is 4.79 Å². The van der Waals surface area contributed by atoms with Crippen molar-refractivity contribution in [2.24, 2.45) is 0 Å². The lowest BCUT2D eigenvalue weighted by Gasteiger charge is -2.00. The molecule has 0 aliphatic carbocycles. The third-order valence-corrected chi connectivity index (χ3v) is 2.39. The number of nitrogens with one attached hydrogen (secondary N) is 1. The number of benzene rings is 1. The standard InChI is InChI=1S/C9H5Cl2N3O/c10-5-1-2-7(11)6(3-5)9(15)8-4-12-14-13-8/h1-4H,(H,12,13,14). The van der Waals surface area contributed by atoms with Gasteiger partial charge in [-0.25, -0.2) is 0 Å². The molecule has 2 aromatic rings. The Bertz CT molecular complexity index is 496. The van der Waals surface area contributed by atoms with E-state index in [1.165, 1.54) is 12.3 Å². The van der Waals surface area contributed by atoms with Gasteiger partial charge >= 0.3 is 0 Å². The Morgan fingerprint density at radius 3 is 2.80 bits per heavy atom. The number of halogens is 2. The maximum atomic E-state index is 11.8. The minimum Gasteiger partial charge on any atom is -0.287 e. The Morgan fingerprint density at radius 1 is 1.33 bits per heavy atom. The summed E-state index contributed by atoms with van der Waals surface area (Å²) in [5.41, 5.74) is 0.525. The van der Waals surface area contributed by atoms with E-state index in [4.69, 9.17) is 23.2 Å². The summed E-state index contributed by atoms with van der Waals surface area (Å²) in [7, 11) is 0. The molecule has 76 valence electrons. The van der Waals surface area contributed by atoms with Crippen LogP contribution < -0.4 is 0 Å². The van der Waals surface area contributed by atoms with Gasteiger partial charge < -0.3 is 0 Å². The van der Waals surface area contributed by atoms with Gasteiger partial charge in [-0.1, -0.05) is 23.2 Å². The topological polar surface area (TPSA) is 58.6 Å². The zero-order valence-corrected chi connectivity index (χ0v) is 8.88. The molecule has 0 bridgehead atoms. The molecule has 0 amide bonds. The van der Waals surface area contributed by atoms with Gasteiger partial charge in [0.05, 0.1) is 11.2 Å². The quantitative estimate of drug-likeness (QED) is 0.822. The predicted octanol–water partition coefficient (Wildman–Crippen LogP) is 2.34. The van der Waals surface area contributed by atoms with Gasteiger partial charge in [-0.15, -0.1) is 0 Å². The van der Waals surface area contributed by atoms with E-state index in [0.29, 0.717) is 15.6 Å². The van der Waals surface area contributed by atoms with Gasteiger partial charge in [0.2, 0.25) is 5.78 Å². The first-order valence-electron chi connectivity index (χ1n) is 4.04. The van der Waals surface area contributed by atoms with Gasteiger partial charge in [-0.05, 0) is 18.2 Å². The summed E-state index contributed by atoms with van der Waals surface area (Å²) in [5.74, 6) is -0.309. The van der Waals surface area contributed by atoms with E-state index >= 15 is 0 Å². The number of aromatic nitrogens is 3. The van der Waals surface area contributed by atoms with Crippen molar-refractivity contribution in [1.29, 1.82) is 0 Å². The van der Waals surface area contributed by atoms with Crippen LogP contribution in [0.1, 0.15) is 16.1 Å². The van der Waals surface area contributed by atoms with Crippen LogP contribution in [0.15, 0.2) is 24.4 Å². The number of H-pyrrole nitrogens is 1. The number of aromatic amines is 1. The number of nitrogens with zero attached hydrogens (tertiary/aromatic N) is 2. The normalized spacial score (nSPS) is 10.3. The molecule has 0 spiro atoms. The van der Waals surface area contributed by atoms with Crippen molar-refractivity contribution < 1.29 is 4.79 Å². The van der Waals surface area contributed by atoms with Crippen LogP contribution in [0.5, 0.6) is 0 Å². The van der Waals surface area contributed by atoms with Crippen molar-refractivity contribution in [2.45, 2.75) is 0 Å². The van der Waals surface area contributed by atoms with Crippen molar-refractivity contribution in [3.63, 3.8) is 0 Å². The van der Waals surface area contributed by atoms with E-state index in [2.05, 4.69) is 15.4 Å². The van der Waals surface area contributed by atoms with Crippen LogP contribution in [0.25, 0.3) is 0 Å². The third kappa shape index (κ3) is 2.00. The number of carbonyl (C=O) groups is 1. The van der Waals surface area contributed by atoms with Gasteiger partial charge in [-0.3, -0.25) is 4.79 Å². The van der Waals surface area contributed by atoms with Gasteiger partial charge in [0, 0.05) is 10.6 Å². The van der Waals surface area contributed by atoms with E-state index in [1.807, 2.05) is 0 Å². The second-order valence-electron chi connectivity index (χ2n) is 2.81. The summed E-state index contributed by atoms with van der Waals surface area (Å²) >= 11 is 11.6. The molecular weight excluding hydrogens is 237 g/mol. The van der Waals surface area contributed by atoms with Crippen LogP contribution in [0.4, 0.5) is 0 Å². The molecular formula is C9H5Cl2N3O. The molecule has 0 atom stereocenters. The lowest BCUT2D eigenvalue weighted by Crippen LogP contribution is -2.02.